The molecule has 1 aliphatic heterocycles. The van der Waals surface area contributed by atoms with Crippen molar-refractivity contribution in [2.24, 2.45) is 5.92 Å². The number of likely N-dealkylation sites (N-methyl/N-ethyl adjacent to an activating group) is 1. The first-order chi connectivity index (χ1) is 7.61. The van der Waals surface area contributed by atoms with Gasteiger partial charge in [-0.2, -0.15) is 0 Å². The van der Waals surface area contributed by atoms with Crippen LogP contribution in [0.4, 0.5) is 10.5 Å². The summed E-state index contributed by atoms with van der Waals surface area (Å²) in [5, 5.41) is 0. The molecule has 0 aromatic heterocycles. The second-order valence-corrected chi connectivity index (χ2v) is 4.68. The molecule has 1 radical (unpaired) electrons. The number of hydrogen-bond donors (Lipinski definition) is 0. The molecular formula is C13H18N2O+. The van der Waals surface area contributed by atoms with Gasteiger partial charge in [0.2, 0.25) is 0 Å². The summed E-state index contributed by atoms with van der Waals surface area (Å²) in [6.45, 7) is 5.13. The summed E-state index contributed by atoms with van der Waals surface area (Å²) >= 11 is 0. The van der Waals surface area contributed by atoms with Gasteiger partial charge >= 0.3 is 6.03 Å². The van der Waals surface area contributed by atoms with Crippen molar-refractivity contribution in [2.75, 3.05) is 13.6 Å². The van der Waals surface area contributed by atoms with E-state index in [0.29, 0.717) is 5.92 Å². The summed E-state index contributed by atoms with van der Waals surface area (Å²) in [4.78, 5) is 15.8. The molecular weight excluding hydrogens is 200 g/mol. The lowest BCUT2D eigenvalue weighted by atomic mass is 10.0. The van der Waals surface area contributed by atoms with Gasteiger partial charge in [-0.25, -0.2) is 4.79 Å². The molecule has 1 fully saturated rings. The van der Waals surface area contributed by atoms with Crippen LogP contribution in [-0.2, 0) is 0 Å². The van der Waals surface area contributed by atoms with Gasteiger partial charge in [0.1, 0.15) is 0 Å². The third kappa shape index (κ3) is 1.83. The number of carbonyl (C=O) groups excluding carboxylic acids is 1. The Morgan fingerprint density at radius 3 is 2.50 bits per heavy atom. The fraction of sp³-hybridized carbons (Fsp3) is 0.462. The zero-order valence-corrected chi connectivity index (χ0v) is 10.1. The largest absolute Gasteiger partial charge is 0.473 e. The van der Waals surface area contributed by atoms with Crippen molar-refractivity contribution in [1.29, 1.82) is 0 Å². The molecule has 1 atom stereocenters. The molecule has 1 saturated heterocycles. The summed E-state index contributed by atoms with van der Waals surface area (Å²) in [5.41, 5.74) is 0.996. The lowest BCUT2D eigenvalue weighted by Crippen LogP contribution is -2.38. The first-order valence-corrected chi connectivity index (χ1v) is 5.70. The van der Waals surface area contributed by atoms with E-state index in [1.807, 2.05) is 42.3 Å². The average molecular weight is 218 g/mol. The molecule has 2 amide bonds. The second-order valence-electron chi connectivity index (χ2n) is 4.68. The fourth-order valence-corrected chi connectivity index (χ4v) is 2.17. The molecule has 1 aromatic rings. The van der Waals surface area contributed by atoms with E-state index in [2.05, 4.69) is 13.8 Å². The number of nitrogens with zero attached hydrogens (tertiary/aromatic N) is 2. The highest BCUT2D eigenvalue weighted by atomic mass is 16.2. The quantitative estimate of drug-likeness (QED) is 0.701. The number of carbonyl (C=O) groups is 1. The van der Waals surface area contributed by atoms with Crippen LogP contribution in [0.15, 0.2) is 30.3 Å². The van der Waals surface area contributed by atoms with Crippen molar-refractivity contribution in [3.63, 3.8) is 0 Å². The molecule has 0 N–H and O–H groups in total. The lowest BCUT2D eigenvalue weighted by molar-refractivity contribution is 0.219. The van der Waals surface area contributed by atoms with Crippen LogP contribution in [0.1, 0.15) is 13.8 Å². The van der Waals surface area contributed by atoms with Gasteiger partial charge in [-0.15, -0.1) is 0 Å². The smallest absolute Gasteiger partial charge is 0.285 e. The summed E-state index contributed by atoms with van der Waals surface area (Å²) < 4.78 is 0. The maximum absolute atomic E-state index is 12.1. The first-order valence-electron chi connectivity index (χ1n) is 5.70. The molecule has 1 aliphatic rings. The highest BCUT2D eigenvalue weighted by Crippen LogP contribution is 2.26. The van der Waals surface area contributed by atoms with Crippen molar-refractivity contribution in [2.45, 2.75) is 19.9 Å². The average Bonchev–Trinajstić information content (AvgIpc) is 2.57. The van der Waals surface area contributed by atoms with Crippen LogP contribution >= 0.6 is 0 Å². The molecule has 0 saturated carbocycles. The Bertz CT molecular complexity index is 375. The van der Waals surface area contributed by atoms with Gasteiger partial charge in [0.25, 0.3) is 0 Å². The van der Waals surface area contributed by atoms with E-state index in [0.717, 1.165) is 12.2 Å². The summed E-state index contributed by atoms with van der Waals surface area (Å²) in [6, 6.07) is 10.3. The normalized spacial score (nSPS) is 22.1. The van der Waals surface area contributed by atoms with Crippen LogP contribution in [0.25, 0.3) is 0 Å². The van der Waals surface area contributed by atoms with Crippen molar-refractivity contribution >= 4 is 11.7 Å². The van der Waals surface area contributed by atoms with E-state index >= 15 is 0 Å². The Morgan fingerprint density at radius 1 is 1.31 bits per heavy atom. The fourth-order valence-electron chi connectivity index (χ4n) is 2.17. The first kappa shape index (κ1) is 11.1. The number of benzene rings is 1. The lowest BCUT2D eigenvalue weighted by Gasteiger charge is -2.13. The second kappa shape index (κ2) is 4.26. The van der Waals surface area contributed by atoms with E-state index in [9.17, 15) is 4.79 Å². The van der Waals surface area contributed by atoms with Gasteiger partial charge in [0, 0.05) is 25.1 Å². The van der Waals surface area contributed by atoms with Gasteiger partial charge < -0.3 is 0 Å². The zero-order chi connectivity index (χ0) is 11.7. The zero-order valence-electron chi connectivity index (χ0n) is 10.1. The van der Waals surface area contributed by atoms with Crippen molar-refractivity contribution < 1.29 is 4.79 Å². The maximum atomic E-state index is 12.1. The molecule has 85 valence electrons. The highest BCUT2D eigenvalue weighted by molar-refractivity contribution is 5.85. The van der Waals surface area contributed by atoms with E-state index in [4.69, 9.17) is 0 Å². The standard InChI is InChI=1S/C13H18N2O/c1-10(2)12-9-14(3)13(16)15(12)11-7-5-4-6-8-11/h4-8,10,12H,9H2,1-3H3/q+1/t12-/m1/s1. The maximum Gasteiger partial charge on any atom is 0.473 e. The van der Waals surface area contributed by atoms with Gasteiger partial charge in [0.15, 0.2) is 11.7 Å². The van der Waals surface area contributed by atoms with Crippen LogP contribution in [0.5, 0.6) is 0 Å². The predicted octanol–water partition coefficient (Wildman–Crippen LogP) is 2.55. The van der Waals surface area contributed by atoms with E-state index in [1.54, 1.807) is 4.90 Å². The molecule has 0 aliphatic carbocycles. The van der Waals surface area contributed by atoms with Crippen molar-refractivity contribution in [3.8, 4) is 0 Å². The predicted molar refractivity (Wildman–Crippen MR) is 64.9 cm³/mol. The van der Waals surface area contributed by atoms with Crippen LogP contribution in [0, 0.1) is 5.92 Å². The minimum absolute atomic E-state index is 0.102. The Labute approximate surface area is 96.7 Å². The van der Waals surface area contributed by atoms with Gasteiger partial charge in [-0.1, -0.05) is 32.0 Å². The summed E-state index contributed by atoms with van der Waals surface area (Å²) in [7, 11) is 1.86. The SMILES string of the molecule is CC(C)[C@H]1CN(C)C(=O)[N+]1c1ccccc1. The van der Waals surface area contributed by atoms with Crippen LogP contribution in [-0.4, -0.2) is 30.6 Å². The van der Waals surface area contributed by atoms with Gasteiger partial charge in [0.05, 0.1) is 6.54 Å². The van der Waals surface area contributed by atoms with Crippen LogP contribution in [0.3, 0.4) is 0 Å². The summed E-state index contributed by atoms with van der Waals surface area (Å²) in [5.74, 6) is 0.467. The third-order valence-electron chi connectivity index (χ3n) is 3.13. The molecule has 16 heavy (non-hydrogen) atoms. The van der Waals surface area contributed by atoms with Crippen LogP contribution in [0.2, 0.25) is 0 Å². The van der Waals surface area contributed by atoms with E-state index < -0.39 is 0 Å². The number of para-hydroxylation sites is 1. The Kier molecular flexibility index (Phi) is 2.97. The van der Waals surface area contributed by atoms with Crippen LogP contribution < -0.4 is 4.90 Å². The Balaban J connectivity index is 2.33. The minimum Gasteiger partial charge on any atom is -0.285 e. The number of amides is 2. The molecule has 3 heteroatoms. The molecule has 3 nitrogen and oxygen atoms in total. The van der Waals surface area contributed by atoms with Gasteiger partial charge in [-0.05, 0) is 4.90 Å². The Morgan fingerprint density at radius 2 is 1.94 bits per heavy atom. The van der Waals surface area contributed by atoms with Crippen molar-refractivity contribution in [3.05, 3.63) is 30.3 Å². The topological polar surface area (TPSA) is 26.2 Å². The highest BCUT2D eigenvalue weighted by Gasteiger charge is 2.49. The number of urea groups is 1. The monoisotopic (exact) mass is 218 g/mol. The van der Waals surface area contributed by atoms with Crippen molar-refractivity contribution in [1.82, 2.24) is 9.80 Å². The van der Waals surface area contributed by atoms with E-state index in [-0.39, 0.29) is 12.1 Å². The number of rotatable bonds is 2. The number of hydrogen-bond acceptors (Lipinski definition) is 1. The van der Waals surface area contributed by atoms with E-state index in [1.165, 1.54) is 0 Å². The molecule has 2 rings (SSSR count). The summed E-state index contributed by atoms with van der Waals surface area (Å²) in [6.07, 6.45) is 0. The number of anilines is 1. The molecule has 0 unspecified atom stereocenters. The molecule has 1 heterocycles. The minimum atomic E-state index is 0.102. The molecule has 0 bridgehead atoms. The molecule has 1 aromatic carbocycles. The Hall–Kier alpha value is -1.35. The third-order valence-corrected chi connectivity index (χ3v) is 3.13. The molecule has 0 spiro atoms. The van der Waals surface area contributed by atoms with Gasteiger partial charge in [-0.3, -0.25) is 4.90 Å².